The Morgan fingerprint density at radius 3 is 2.60 bits per heavy atom. The smallest absolute Gasteiger partial charge is 0.365 e. The van der Waals surface area contributed by atoms with Gasteiger partial charge >= 0.3 is 6.18 Å². The molecule has 0 saturated carbocycles. The number of anilines is 2. The van der Waals surface area contributed by atoms with Crippen LogP contribution in [0.4, 0.5) is 28.9 Å². The number of rotatable bonds is 3. The Kier molecular flexibility index (Phi) is 5.34. The van der Waals surface area contributed by atoms with Crippen molar-refractivity contribution in [2.75, 3.05) is 36.0 Å². The fraction of sp³-hybridized carbons (Fsp3) is 0.409. The van der Waals surface area contributed by atoms with Gasteiger partial charge in [0.25, 0.3) is 0 Å². The van der Waals surface area contributed by atoms with Gasteiger partial charge in [-0.1, -0.05) is 12.1 Å². The van der Waals surface area contributed by atoms with Crippen LogP contribution in [0.1, 0.15) is 18.1 Å². The van der Waals surface area contributed by atoms with E-state index in [-0.39, 0.29) is 24.2 Å². The molecule has 2 aliphatic heterocycles. The van der Waals surface area contributed by atoms with Crippen molar-refractivity contribution in [1.29, 1.82) is 0 Å². The molecule has 2 aromatic rings. The van der Waals surface area contributed by atoms with E-state index in [9.17, 15) is 22.4 Å². The molecular formula is C22H23F4N3O. The number of piperazine rings is 1. The molecule has 1 fully saturated rings. The second-order valence-corrected chi connectivity index (χ2v) is 7.70. The molecule has 1 amide bonds. The van der Waals surface area contributed by atoms with Crippen LogP contribution in [0.25, 0.3) is 0 Å². The zero-order valence-corrected chi connectivity index (χ0v) is 16.5. The summed E-state index contributed by atoms with van der Waals surface area (Å²) in [5.41, 5.74) is 1.02. The van der Waals surface area contributed by atoms with Crippen LogP contribution in [0.3, 0.4) is 0 Å². The highest BCUT2D eigenvalue weighted by atomic mass is 19.4. The zero-order chi connectivity index (χ0) is 21.5. The van der Waals surface area contributed by atoms with Crippen molar-refractivity contribution >= 4 is 17.3 Å². The molecule has 0 spiro atoms. The number of alkyl halides is 3. The second kappa shape index (κ2) is 7.81. The first-order chi connectivity index (χ1) is 14.3. The van der Waals surface area contributed by atoms with E-state index in [2.05, 4.69) is 5.32 Å². The van der Waals surface area contributed by atoms with E-state index < -0.39 is 17.7 Å². The fourth-order valence-corrected chi connectivity index (χ4v) is 4.53. The van der Waals surface area contributed by atoms with E-state index in [1.54, 1.807) is 25.1 Å². The van der Waals surface area contributed by atoms with Gasteiger partial charge < -0.3 is 15.1 Å². The molecule has 8 heteroatoms. The van der Waals surface area contributed by atoms with Crippen molar-refractivity contribution in [2.45, 2.75) is 25.6 Å². The molecule has 2 atom stereocenters. The predicted octanol–water partition coefficient (Wildman–Crippen LogP) is 3.85. The second-order valence-electron chi connectivity index (χ2n) is 7.70. The molecule has 2 heterocycles. The van der Waals surface area contributed by atoms with E-state index in [1.165, 1.54) is 12.1 Å². The lowest BCUT2D eigenvalue weighted by Crippen LogP contribution is -2.61. The monoisotopic (exact) mass is 421 g/mol. The third-order valence-electron chi connectivity index (χ3n) is 5.92. The Balaban J connectivity index is 1.70. The van der Waals surface area contributed by atoms with Gasteiger partial charge in [-0.2, -0.15) is 13.2 Å². The molecule has 1 N–H and O–H groups in total. The number of nitrogens with one attached hydrogen (secondary N) is 1. The van der Waals surface area contributed by atoms with Crippen LogP contribution in [0.15, 0.2) is 42.5 Å². The van der Waals surface area contributed by atoms with Gasteiger partial charge in [-0.05, 0) is 49.2 Å². The van der Waals surface area contributed by atoms with Gasteiger partial charge in [0.15, 0.2) is 0 Å². The SMILES string of the molecule is CCNC(=O)C1Cc2cc(C(F)(F)F)ccc2N2CCN(c3ccccc3F)CC12. The Labute approximate surface area is 172 Å². The van der Waals surface area contributed by atoms with Gasteiger partial charge in [-0.25, -0.2) is 4.39 Å². The van der Waals surface area contributed by atoms with Crippen LogP contribution in [0, 0.1) is 11.7 Å². The summed E-state index contributed by atoms with van der Waals surface area (Å²) in [7, 11) is 0. The minimum absolute atomic E-state index is 0.189. The van der Waals surface area contributed by atoms with Gasteiger partial charge in [-0.3, -0.25) is 4.79 Å². The van der Waals surface area contributed by atoms with Gasteiger partial charge in [0.1, 0.15) is 5.82 Å². The maximum Gasteiger partial charge on any atom is 0.416 e. The van der Waals surface area contributed by atoms with Crippen LogP contribution in [0.2, 0.25) is 0 Å². The number of hydrogen-bond acceptors (Lipinski definition) is 3. The molecule has 160 valence electrons. The lowest BCUT2D eigenvalue weighted by atomic mass is 9.82. The van der Waals surface area contributed by atoms with E-state index in [1.807, 2.05) is 9.80 Å². The molecule has 2 aliphatic rings. The molecule has 0 aromatic heterocycles. The van der Waals surface area contributed by atoms with Gasteiger partial charge in [0.2, 0.25) is 5.91 Å². The quantitative estimate of drug-likeness (QED) is 0.765. The highest BCUT2D eigenvalue weighted by Gasteiger charge is 2.42. The van der Waals surface area contributed by atoms with Crippen LogP contribution < -0.4 is 15.1 Å². The first kappa shape index (κ1) is 20.5. The molecule has 0 aliphatic carbocycles. The number of benzene rings is 2. The van der Waals surface area contributed by atoms with Crippen molar-refractivity contribution in [3.05, 3.63) is 59.4 Å². The number of carbonyl (C=O) groups excluding carboxylic acids is 1. The zero-order valence-electron chi connectivity index (χ0n) is 16.5. The standard InChI is InChI=1S/C22H23F4N3O/c1-2-27-21(30)16-12-14-11-15(22(24,25)26)7-8-18(14)29-10-9-28(13-20(16)29)19-6-4-3-5-17(19)23/h3-8,11,16,20H,2,9-10,12-13H2,1H3,(H,27,30). The molecule has 0 radical (unpaired) electrons. The largest absolute Gasteiger partial charge is 0.416 e. The Morgan fingerprint density at radius 2 is 1.90 bits per heavy atom. The van der Waals surface area contributed by atoms with Crippen LogP contribution in [-0.4, -0.2) is 38.1 Å². The topological polar surface area (TPSA) is 35.6 Å². The Hall–Kier alpha value is -2.77. The molecule has 4 rings (SSSR count). The van der Waals surface area contributed by atoms with Crippen molar-refractivity contribution in [3.8, 4) is 0 Å². The predicted molar refractivity (Wildman–Crippen MR) is 107 cm³/mol. The summed E-state index contributed by atoms with van der Waals surface area (Å²) in [6.07, 6.45) is -4.21. The van der Waals surface area contributed by atoms with E-state index in [4.69, 9.17) is 0 Å². The first-order valence-corrected chi connectivity index (χ1v) is 10.0. The van der Waals surface area contributed by atoms with E-state index in [0.717, 1.165) is 17.8 Å². The summed E-state index contributed by atoms with van der Waals surface area (Å²) in [4.78, 5) is 16.7. The molecule has 1 saturated heterocycles. The van der Waals surface area contributed by atoms with Crippen molar-refractivity contribution in [3.63, 3.8) is 0 Å². The van der Waals surface area contributed by atoms with Crippen molar-refractivity contribution in [1.82, 2.24) is 5.32 Å². The number of halogens is 4. The van der Waals surface area contributed by atoms with Crippen LogP contribution in [-0.2, 0) is 17.4 Å². The fourth-order valence-electron chi connectivity index (χ4n) is 4.53. The van der Waals surface area contributed by atoms with E-state index >= 15 is 0 Å². The lowest BCUT2D eigenvalue weighted by Gasteiger charge is -2.49. The third-order valence-corrected chi connectivity index (χ3v) is 5.92. The van der Waals surface area contributed by atoms with Crippen molar-refractivity contribution in [2.24, 2.45) is 5.92 Å². The van der Waals surface area contributed by atoms with Crippen molar-refractivity contribution < 1.29 is 22.4 Å². The normalized spacial score (nSPS) is 21.1. The third kappa shape index (κ3) is 3.70. The molecule has 30 heavy (non-hydrogen) atoms. The van der Waals surface area contributed by atoms with Crippen LogP contribution in [0.5, 0.6) is 0 Å². The summed E-state index contributed by atoms with van der Waals surface area (Å²) >= 11 is 0. The Morgan fingerprint density at radius 1 is 1.13 bits per heavy atom. The molecule has 0 bridgehead atoms. The van der Waals surface area contributed by atoms with E-state index in [0.29, 0.717) is 37.4 Å². The number of fused-ring (bicyclic) bond motifs is 3. The number of nitrogens with zero attached hydrogens (tertiary/aromatic N) is 2. The number of amides is 1. The van der Waals surface area contributed by atoms with Crippen LogP contribution >= 0.6 is 0 Å². The average molecular weight is 421 g/mol. The molecule has 2 aromatic carbocycles. The molecule has 2 unspecified atom stereocenters. The Bertz CT molecular complexity index is 946. The van der Waals surface area contributed by atoms with Gasteiger partial charge in [0, 0.05) is 31.9 Å². The number of hydrogen-bond donors (Lipinski definition) is 1. The number of carbonyl (C=O) groups is 1. The lowest BCUT2D eigenvalue weighted by molar-refractivity contribution is -0.137. The summed E-state index contributed by atoms with van der Waals surface area (Å²) in [5, 5.41) is 2.81. The number of para-hydroxylation sites is 1. The highest BCUT2D eigenvalue weighted by Crippen LogP contribution is 2.40. The maximum absolute atomic E-state index is 14.3. The average Bonchev–Trinajstić information content (AvgIpc) is 2.72. The highest BCUT2D eigenvalue weighted by molar-refractivity contribution is 5.82. The summed E-state index contributed by atoms with van der Waals surface area (Å²) < 4.78 is 54.0. The summed E-state index contributed by atoms with van der Waals surface area (Å²) in [6, 6.07) is 9.98. The first-order valence-electron chi connectivity index (χ1n) is 10.0. The van der Waals surface area contributed by atoms with Gasteiger partial charge in [-0.15, -0.1) is 0 Å². The molecular weight excluding hydrogens is 398 g/mol. The minimum Gasteiger partial charge on any atom is -0.365 e. The summed E-state index contributed by atoms with van der Waals surface area (Å²) in [6.45, 7) is 3.67. The maximum atomic E-state index is 14.3. The van der Waals surface area contributed by atoms with Gasteiger partial charge in [0.05, 0.1) is 23.2 Å². The summed E-state index contributed by atoms with van der Waals surface area (Å²) in [5.74, 6) is -1.03. The minimum atomic E-state index is -4.43. The molecule has 4 nitrogen and oxygen atoms in total.